The number of hydrogen-bond acceptors (Lipinski definition) is 6. The van der Waals surface area contributed by atoms with Gasteiger partial charge >= 0.3 is 5.97 Å². The Hall–Kier alpha value is -2.90. The molecule has 2 aromatic rings. The van der Waals surface area contributed by atoms with Gasteiger partial charge in [-0.25, -0.2) is 4.79 Å². The van der Waals surface area contributed by atoms with Crippen molar-refractivity contribution in [2.45, 2.75) is 51.1 Å². The molecule has 0 aromatic heterocycles. The number of aryl methyl sites for hydroxylation is 1. The van der Waals surface area contributed by atoms with Crippen LogP contribution in [0.1, 0.15) is 47.5 Å². The van der Waals surface area contributed by atoms with Crippen LogP contribution in [-0.2, 0) is 14.3 Å². The molecule has 5 rings (SSSR count). The molecule has 32 heavy (non-hydrogen) atoms. The molecule has 0 spiro atoms. The first-order valence-electron chi connectivity index (χ1n) is 11.3. The molecule has 7 nitrogen and oxygen atoms in total. The largest absolute Gasteiger partial charge is 0.465 e. The van der Waals surface area contributed by atoms with E-state index in [2.05, 4.69) is 29.3 Å². The average Bonchev–Trinajstić information content (AvgIpc) is 3.43. The lowest BCUT2D eigenvalue weighted by Gasteiger charge is -2.40. The van der Waals surface area contributed by atoms with Gasteiger partial charge in [0.25, 0.3) is 0 Å². The van der Waals surface area contributed by atoms with Crippen molar-refractivity contribution in [3.8, 4) is 0 Å². The van der Waals surface area contributed by atoms with Crippen LogP contribution in [0.15, 0.2) is 42.5 Å². The predicted molar refractivity (Wildman–Crippen MR) is 122 cm³/mol. The van der Waals surface area contributed by atoms with Gasteiger partial charge in [-0.3, -0.25) is 10.1 Å². The second-order valence-electron chi connectivity index (χ2n) is 8.85. The van der Waals surface area contributed by atoms with Crippen molar-refractivity contribution in [1.29, 1.82) is 0 Å². The summed E-state index contributed by atoms with van der Waals surface area (Å²) in [5.41, 5.74) is 4.50. The van der Waals surface area contributed by atoms with Crippen LogP contribution >= 0.6 is 0 Å². The highest BCUT2D eigenvalue weighted by atomic mass is 16.5. The van der Waals surface area contributed by atoms with Crippen LogP contribution < -0.4 is 15.1 Å². The van der Waals surface area contributed by atoms with Gasteiger partial charge in [-0.15, -0.1) is 0 Å². The van der Waals surface area contributed by atoms with E-state index in [0.717, 1.165) is 36.3 Å². The Labute approximate surface area is 188 Å². The first-order valence-corrected chi connectivity index (χ1v) is 11.3. The number of rotatable bonds is 4. The summed E-state index contributed by atoms with van der Waals surface area (Å²) in [6.07, 6.45) is 1.56. The zero-order valence-corrected chi connectivity index (χ0v) is 18.7. The third-order valence-corrected chi connectivity index (χ3v) is 6.93. The standard InChI is InChI=1S/C25H29N3O4/c1-15-7-4-5-8-18(15)23-26-19(16(2)32-23)14-28-22-13-17(25(30)31-3)10-11-20(22)27-12-6-9-21(27)24(28)29/h4-5,7-8,10-11,13,16,19,21,23,26H,6,9,12,14H2,1-3H3. The summed E-state index contributed by atoms with van der Waals surface area (Å²) in [6.45, 7) is 5.44. The minimum absolute atomic E-state index is 0.0360. The fourth-order valence-corrected chi connectivity index (χ4v) is 5.15. The molecule has 1 amide bonds. The number of anilines is 2. The fourth-order valence-electron chi connectivity index (χ4n) is 5.15. The van der Waals surface area contributed by atoms with Gasteiger partial charge in [0, 0.05) is 13.1 Å². The minimum atomic E-state index is -0.404. The van der Waals surface area contributed by atoms with Gasteiger partial charge in [0.05, 0.1) is 36.2 Å². The molecule has 0 radical (unpaired) electrons. The Bertz CT molecular complexity index is 1060. The van der Waals surface area contributed by atoms with Crippen LogP contribution in [-0.4, -0.2) is 50.3 Å². The number of nitrogens with one attached hydrogen (secondary N) is 1. The van der Waals surface area contributed by atoms with Crippen molar-refractivity contribution in [2.24, 2.45) is 0 Å². The summed E-state index contributed by atoms with van der Waals surface area (Å²) in [5.74, 6) is -0.315. The van der Waals surface area contributed by atoms with E-state index in [4.69, 9.17) is 9.47 Å². The zero-order chi connectivity index (χ0) is 22.4. The highest BCUT2D eigenvalue weighted by Gasteiger charge is 2.43. The molecule has 0 saturated carbocycles. The third-order valence-electron chi connectivity index (χ3n) is 6.93. The van der Waals surface area contributed by atoms with Gasteiger partial charge in [-0.1, -0.05) is 24.3 Å². The van der Waals surface area contributed by atoms with Crippen LogP contribution in [0.25, 0.3) is 0 Å². The number of benzene rings is 2. The Morgan fingerprint density at radius 2 is 2.03 bits per heavy atom. The molecule has 1 N–H and O–H groups in total. The van der Waals surface area contributed by atoms with Gasteiger partial charge in [0.1, 0.15) is 12.3 Å². The number of ether oxygens (including phenoxy) is 2. The lowest BCUT2D eigenvalue weighted by Crippen LogP contribution is -2.54. The molecule has 4 unspecified atom stereocenters. The Balaban J connectivity index is 1.45. The van der Waals surface area contributed by atoms with Gasteiger partial charge in [0.15, 0.2) is 0 Å². The predicted octanol–water partition coefficient (Wildman–Crippen LogP) is 3.17. The SMILES string of the molecule is COC(=O)c1ccc2c(c1)N(CC1NC(c3ccccc3C)OC1C)C(=O)C1CCCN21. The number of methoxy groups -OCH3 is 1. The smallest absolute Gasteiger partial charge is 0.337 e. The lowest BCUT2D eigenvalue weighted by atomic mass is 10.0. The molecule has 2 fully saturated rings. The van der Waals surface area contributed by atoms with E-state index in [1.807, 2.05) is 30.0 Å². The van der Waals surface area contributed by atoms with Crippen molar-refractivity contribution in [3.05, 3.63) is 59.2 Å². The molecule has 3 heterocycles. The van der Waals surface area contributed by atoms with E-state index < -0.39 is 5.97 Å². The molecule has 7 heteroatoms. The first-order chi connectivity index (χ1) is 15.5. The molecule has 168 valence electrons. The Morgan fingerprint density at radius 1 is 1.22 bits per heavy atom. The van der Waals surface area contributed by atoms with Gasteiger partial charge in [-0.05, 0) is 56.0 Å². The van der Waals surface area contributed by atoms with Crippen LogP contribution in [0.4, 0.5) is 11.4 Å². The quantitative estimate of drug-likeness (QED) is 0.744. The number of hydrogen-bond donors (Lipinski definition) is 1. The molecule has 0 aliphatic carbocycles. The fraction of sp³-hybridized carbons (Fsp3) is 0.440. The minimum Gasteiger partial charge on any atom is -0.465 e. The number of amides is 1. The average molecular weight is 436 g/mol. The van der Waals surface area contributed by atoms with Gasteiger partial charge in [-0.2, -0.15) is 0 Å². The normalized spacial score (nSPS) is 26.8. The maximum atomic E-state index is 13.5. The summed E-state index contributed by atoms with van der Waals surface area (Å²) >= 11 is 0. The van der Waals surface area contributed by atoms with E-state index in [-0.39, 0.29) is 30.3 Å². The van der Waals surface area contributed by atoms with E-state index in [1.165, 1.54) is 12.7 Å². The summed E-state index contributed by atoms with van der Waals surface area (Å²) in [4.78, 5) is 29.7. The van der Waals surface area contributed by atoms with Crippen LogP contribution in [0.5, 0.6) is 0 Å². The van der Waals surface area contributed by atoms with Crippen LogP contribution in [0, 0.1) is 6.92 Å². The maximum absolute atomic E-state index is 13.5. The number of fused-ring (bicyclic) bond motifs is 3. The molecule has 2 saturated heterocycles. The molecule has 3 aliphatic rings. The molecule has 4 atom stereocenters. The molecule has 0 bridgehead atoms. The highest BCUT2D eigenvalue weighted by Crippen LogP contribution is 2.41. The number of carbonyl (C=O) groups is 2. The molecule has 2 aromatic carbocycles. The monoisotopic (exact) mass is 435 g/mol. The van der Waals surface area contributed by atoms with E-state index in [9.17, 15) is 9.59 Å². The zero-order valence-electron chi connectivity index (χ0n) is 18.7. The van der Waals surface area contributed by atoms with Crippen LogP contribution in [0.3, 0.4) is 0 Å². The van der Waals surface area contributed by atoms with Crippen molar-refractivity contribution in [3.63, 3.8) is 0 Å². The number of nitrogens with zero attached hydrogens (tertiary/aromatic N) is 2. The highest BCUT2D eigenvalue weighted by molar-refractivity contribution is 6.07. The van der Waals surface area contributed by atoms with Gasteiger partial charge < -0.3 is 19.3 Å². The topological polar surface area (TPSA) is 71.1 Å². The second kappa shape index (κ2) is 8.22. The summed E-state index contributed by atoms with van der Waals surface area (Å²) in [5, 5.41) is 3.58. The molecular weight excluding hydrogens is 406 g/mol. The number of esters is 1. The Morgan fingerprint density at radius 3 is 2.81 bits per heavy atom. The van der Waals surface area contributed by atoms with E-state index in [0.29, 0.717) is 12.1 Å². The van der Waals surface area contributed by atoms with E-state index >= 15 is 0 Å². The van der Waals surface area contributed by atoms with Gasteiger partial charge in [0.2, 0.25) is 5.91 Å². The second-order valence-corrected chi connectivity index (χ2v) is 8.85. The van der Waals surface area contributed by atoms with Crippen molar-refractivity contribution in [1.82, 2.24) is 5.32 Å². The summed E-state index contributed by atoms with van der Waals surface area (Å²) in [7, 11) is 1.37. The first kappa shape index (κ1) is 21.0. The van der Waals surface area contributed by atoms with E-state index in [1.54, 1.807) is 12.1 Å². The maximum Gasteiger partial charge on any atom is 0.337 e. The number of carbonyl (C=O) groups excluding carboxylic acids is 2. The Kier molecular flexibility index (Phi) is 5.39. The molecule has 3 aliphatic heterocycles. The summed E-state index contributed by atoms with van der Waals surface area (Å²) in [6, 6.07) is 13.5. The lowest BCUT2D eigenvalue weighted by molar-refractivity contribution is -0.120. The van der Waals surface area contributed by atoms with Crippen molar-refractivity contribution >= 4 is 23.3 Å². The molecular formula is C25H29N3O4. The third kappa shape index (κ3) is 3.45. The van der Waals surface area contributed by atoms with Crippen LogP contribution in [0.2, 0.25) is 0 Å². The van der Waals surface area contributed by atoms with Crippen molar-refractivity contribution < 1.29 is 19.1 Å². The van der Waals surface area contributed by atoms with Crippen molar-refractivity contribution in [2.75, 3.05) is 30.0 Å². The summed E-state index contributed by atoms with van der Waals surface area (Å²) < 4.78 is 11.2.